The molecule has 0 radical (unpaired) electrons. The molecule has 2 aromatic rings. The summed E-state index contributed by atoms with van der Waals surface area (Å²) in [5.74, 6) is 1.56. The second kappa shape index (κ2) is 8.86. The molecule has 0 heterocycles. The average molecular weight is 313 g/mol. The molecule has 0 aliphatic carbocycles. The minimum atomic E-state index is -0.613. The van der Waals surface area contributed by atoms with Crippen LogP contribution in [-0.4, -0.2) is 31.5 Å². The van der Waals surface area contributed by atoms with Gasteiger partial charge in [-0.25, -0.2) is 0 Å². The Kier molecular flexibility index (Phi) is 6.51. The van der Waals surface area contributed by atoms with Gasteiger partial charge in [0.05, 0.1) is 7.11 Å². The van der Waals surface area contributed by atoms with Crippen LogP contribution in [0.25, 0.3) is 0 Å². The second-order valence-corrected chi connectivity index (χ2v) is 5.18. The number of allylic oxidation sites excluding steroid dienone is 1. The van der Waals surface area contributed by atoms with Gasteiger partial charge in [-0.15, -0.1) is 6.58 Å². The first kappa shape index (κ1) is 16.9. The van der Waals surface area contributed by atoms with Crippen LogP contribution in [0.2, 0.25) is 0 Å². The van der Waals surface area contributed by atoms with Crippen LogP contribution in [-0.2, 0) is 6.42 Å². The highest BCUT2D eigenvalue weighted by Gasteiger charge is 2.08. The Morgan fingerprint density at radius 3 is 2.83 bits per heavy atom. The third kappa shape index (κ3) is 5.34. The van der Waals surface area contributed by atoms with Gasteiger partial charge in [0.2, 0.25) is 0 Å². The Morgan fingerprint density at radius 2 is 2.04 bits per heavy atom. The lowest BCUT2D eigenvalue weighted by atomic mass is 10.1. The van der Waals surface area contributed by atoms with Crippen molar-refractivity contribution < 1.29 is 14.6 Å². The van der Waals surface area contributed by atoms with E-state index in [-0.39, 0.29) is 6.61 Å². The van der Waals surface area contributed by atoms with Crippen molar-refractivity contribution >= 4 is 5.69 Å². The summed E-state index contributed by atoms with van der Waals surface area (Å²) < 4.78 is 10.9. The normalized spacial score (nSPS) is 11.6. The van der Waals surface area contributed by atoms with E-state index in [0.29, 0.717) is 6.54 Å². The van der Waals surface area contributed by atoms with E-state index in [1.807, 2.05) is 54.6 Å². The minimum Gasteiger partial charge on any atom is -0.497 e. The zero-order valence-electron chi connectivity index (χ0n) is 13.4. The molecule has 1 unspecified atom stereocenters. The highest BCUT2D eigenvalue weighted by molar-refractivity contribution is 5.48. The van der Waals surface area contributed by atoms with Gasteiger partial charge in [-0.1, -0.05) is 30.3 Å². The quantitative estimate of drug-likeness (QED) is 0.698. The van der Waals surface area contributed by atoms with E-state index in [9.17, 15) is 5.11 Å². The standard InChI is InChI=1S/C19H23NO3/c1-3-7-15-8-4-5-11-19(15)23-14-17(21)13-20-16-9-6-10-18(12-16)22-2/h3-6,8-12,17,20-21H,1,7,13-14H2,2H3. The van der Waals surface area contributed by atoms with Gasteiger partial charge in [0.25, 0.3) is 0 Å². The third-order valence-electron chi connectivity index (χ3n) is 3.38. The SMILES string of the molecule is C=CCc1ccccc1OCC(O)CNc1cccc(OC)c1. The number of anilines is 1. The molecule has 4 nitrogen and oxygen atoms in total. The number of ether oxygens (including phenoxy) is 2. The van der Waals surface area contributed by atoms with Gasteiger partial charge in [-0.05, 0) is 30.2 Å². The summed E-state index contributed by atoms with van der Waals surface area (Å²) in [7, 11) is 1.63. The van der Waals surface area contributed by atoms with E-state index in [1.165, 1.54) is 0 Å². The number of methoxy groups -OCH3 is 1. The number of para-hydroxylation sites is 1. The molecule has 0 spiro atoms. The molecule has 23 heavy (non-hydrogen) atoms. The summed E-state index contributed by atoms with van der Waals surface area (Å²) >= 11 is 0. The van der Waals surface area contributed by atoms with Crippen LogP contribution in [0, 0.1) is 0 Å². The van der Waals surface area contributed by atoms with Crippen molar-refractivity contribution in [1.29, 1.82) is 0 Å². The molecule has 1 atom stereocenters. The highest BCUT2D eigenvalue weighted by Crippen LogP contribution is 2.19. The van der Waals surface area contributed by atoms with Crippen molar-refractivity contribution in [3.05, 3.63) is 66.7 Å². The minimum absolute atomic E-state index is 0.227. The van der Waals surface area contributed by atoms with Crippen molar-refractivity contribution in [3.63, 3.8) is 0 Å². The fourth-order valence-corrected chi connectivity index (χ4v) is 2.18. The molecule has 0 saturated carbocycles. The van der Waals surface area contributed by atoms with E-state index in [0.717, 1.165) is 29.2 Å². The Balaban J connectivity index is 1.83. The molecule has 0 aromatic heterocycles. The molecule has 4 heteroatoms. The van der Waals surface area contributed by atoms with Crippen LogP contribution in [0.5, 0.6) is 11.5 Å². The van der Waals surface area contributed by atoms with Gasteiger partial charge in [-0.2, -0.15) is 0 Å². The molecule has 122 valence electrons. The molecule has 0 fully saturated rings. The average Bonchev–Trinajstić information content (AvgIpc) is 2.59. The predicted octanol–water partition coefficient (Wildman–Crippen LogP) is 3.28. The van der Waals surface area contributed by atoms with E-state index in [4.69, 9.17) is 9.47 Å². The summed E-state index contributed by atoms with van der Waals surface area (Å²) in [5, 5.41) is 13.2. The van der Waals surface area contributed by atoms with Gasteiger partial charge in [0, 0.05) is 18.3 Å². The first-order valence-corrected chi connectivity index (χ1v) is 7.60. The zero-order valence-corrected chi connectivity index (χ0v) is 13.4. The monoisotopic (exact) mass is 313 g/mol. The number of nitrogens with one attached hydrogen (secondary N) is 1. The highest BCUT2D eigenvalue weighted by atomic mass is 16.5. The number of rotatable bonds is 9. The lowest BCUT2D eigenvalue weighted by Crippen LogP contribution is -2.26. The first-order chi connectivity index (χ1) is 11.2. The molecular formula is C19H23NO3. The Hall–Kier alpha value is -2.46. The zero-order chi connectivity index (χ0) is 16.5. The van der Waals surface area contributed by atoms with Gasteiger partial charge >= 0.3 is 0 Å². The maximum absolute atomic E-state index is 10.1. The topological polar surface area (TPSA) is 50.7 Å². The fourth-order valence-electron chi connectivity index (χ4n) is 2.18. The van der Waals surface area contributed by atoms with Crippen LogP contribution in [0.1, 0.15) is 5.56 Å². The third-order valence-corrected chi connectivity index (χ3v) is 3.38. The van der Waals surface area contributed by atoms with Crippen molar-refractivity contribution in [2.45, 2.75) is 12.5 Å². The first-order valence-electron chi connectivity index (χ1n) is 7.60. The van der Waals surface area contributed by atoms with Crippen LogP contribution >= 0.6 is 0 Å². The molecule has 2 aromatic carbocycles. The largest absolute Gasteiger partial charge is 0.497 e. The van der Waals surface area contributed by atoms with Gasteiger partial charge < -0.3 is 19.9 Å². The van der Waals surface area contributed by atoms with Crippen molar-refractivity contribution in [3.8, 4) is 11.5 Å². The molecule has 0 aliphatic heterocycles. The smallest absolute Gasteiger partial charge is 0.122 e. The second-order valence-electron chi connectivity index (χ2n) is 5.18. The number of aliphatic hydroxyl groups is 1. The number of hydrogen-bond donors (Lipinski definition) is 2. The molecule has 2 N–H and O–H groups in total. The molecular weight excluding hydrogens is 290 g/mol. The lowest BCUT2D eigenvalue weighted by Gasteiger charge is -2.16. The summed E-state index contributed by atoms with van der Waals surface area (Å²) in [5.41, 5.74) is 1.96. The van der Waals surface area contributed by atoms with Crippen molar-refractivity contribution in [2.75, 3.05) is 25.6 Å². The Bertz CT molecular complexity index is 628. The predicted molar refractivity (Wildman–Crippen MR) is 93.3 cm³/mol. The Labute approximate surface area is 137 Å². The summed E-state index contributed by atoms with van der Waals surface area (Å²) in [6.45, 7) is 4.37. The molecule has 0 aliphatic rings. The molecule has 0 amide bonds. The number of hydrogen-bond acceptors (Lipinski definition) is 4. The summed E-state index contributed by atoms with van der Waals surface area (Å²) in [4.78, 5) is 0. The van der Waals surface area contributed by atoms with E-state index in [2.05, 4.69) is 11.9 Å². The van der Waals surface area contributed by atoms with Crippen LogP contribution in [0.4, 0.5) is 5.69 Å². The number of benzene rings is 2. The maximum atomic E-state index is 10.1. The summed E-state index contributed by atoms with van der Waals surface area (Å²) in [6.07, 6.45) is 1.97. The van der Waals surface area contributed by atoms with Crippen molar-refractivity contribution in [1.82, 2.24) is 0 Å². The van der Waals surface area contributed by atoms with Crippen molar-refractivity contribution in [2.24, 2.45) is 0 Å². The summed E-state index contributed by atoms with van der Waals surface area (Å²) in [6, 6.07) is 15.4. The molecule has 0 bridgehead atoms. The Morgan fingerprint density at radius 1 is 1.22 bits per heavy atom. The van der Waals surface area contributed by atoms with Gasteiger partial charge in [0.15, 0.2) is 0 Å². The van der Waals surface area contributed by atoms with E-state index < -0.39 is 6.10 Å². The van der Waals surface area contributed by atoms with Crippen LogP contribution in [0.3, 0.4) is 0 Å². The van der Waals surface area contributed by atoms with Gasteiger partial charge in [0.1, 0.15) is 24.2 Å². The van der Waals surface area contributed by atoms with Gasteiger partial charge in [-0.3, -0.25) is 0 Å². The van der Waals surface area contributed by atoms with E-state index >= 15 is 0 Å². The number of aliphatic hydroxyl groups excluding tert-OH is 1. The van der Waals surface area contributed by atoms with E-state index in [1.54, 1.807) is 7.11 Å². The molecule has 2 rings (SSSR count). The lowest BCUT2D eigenvalue weighted by molar-refractivity contribution is 0.117. The maximum Gasteiger partial charge on any atom is 0.122 e. The van der Waals surface area contributed by atoms with Crippen LogP contribution < -0.4 is 14.8 Å². The molecule has 0 saturated heterocycles. The fraction of sp³-hybridized carbons (Fsp3) is 0.263. The van der Waals surface area contributed by atoms with Crippen LogP contribution in [0.15, 0.2) is 61.2 Å².